The molecule has 96 valence electrons. The first-order valence-corrected chi connectivity index (χ1v) is 7.43. The van der Waals surface area contributed by atoms with Gasteiger partial charge in [0.15, 0.2) is 0 Å². The molecular weight excluding hydrogens is 230 g/mol. The molecule has 1 saturated heterocycles. The summed E-state index contributed by atoms with van der Waals surface area (Å²) in [6.07, 6.45) is 2.30. The van der Waals surface area contributed by atoms with E-state index in [9.17, 15) is 0 Å². The van der Waals surface area contributed by atoms with Crippen LogP contribution in [0.15, 0.2) is 17.5 Å². The predicted molar refractivity (Wildman–Crippen MR) is 73.8 cm³/mol. The van der Waals surface area contributed by atoms with Crippen LogP contribution in [0.5, 0.6) is 0 Å². The molecule has 1 N–H and O–H groups in total. The van der Waals surface area contributed by atoms with Crippen LogP contribution in [0.1, 0.15) is 31.6 Å². The molecule has 1 aliphatic heterocycles. The monoisotopic (exact) mass is 253 g/mol. The molecular formula is C14H23NOS. The van der Waals surface area contributed by atoms with Gasteiger partial charge in [0, 0.05) is 30.1 Å². The molecule has 0 aliphatic carbocycles. The van der Waals surface area contributed by atoms with E-state index in [-0.39, 0.29) is 0 Å². The molecule has 17 heavy (non-hydrogen) atoms. The van der Waals surface area contributed by atoms with Gasteiger partial charge in [0.1, 0.15) is 0 Å². The van der Waals surface area contributed by atoms with Gasteiger partial charge in [-0.15, -0.1) is 11.3 Å². The highest BCUT2D eigenvalue weighted by Gasteiger charge is 2.34. The summed E-state index contributed by atoms with van der Waals surface area (Å²) in [5, 5.41) is 5.82. The van der Waals surface area contributed by atoms with Crippen LogP contribution in [0, 0.1) is 5.92 Å². The molecule has 0 radical (unpaired) electrons. The Morgan fingerprint density at radius 3 is 2.76 bits per heavy atom. The Morgan fingerprint density at radius 2 is 2.18 bits per heavy atom. The third-order valence-electron chi connectivity index (χ3n) is 3.51. The topological polar surface area (TPSA) is 21.3 Å². The Hall–Kier alpha value is -0.380. The fourth-order valence-electron chi connectivity index (χ4n) is 2.45. The minimum atomic E-state index is 0.321. The van der Waals surface area contributed by atoms with Gasteiger partial charge < -0.3 is 10.1 Å². The van der Waals surface area contributed by atoms with E-state index >= 15 is 0 Å². The summed E-state index contributed by atoms with van der Waals surface area (Å²) < 4.78 is 5.53. The van der Waals surface area contributed by atoms with E-state index < -0.39 is 0 Å². The lowest BCUT2D eigenvalue weighted by molar-refractivity contribution is 0.0509. The Balaban J connectivity index is 2.02. The number of hydrogen-bond acceptors (Lipinski definition) is 3. The van der Waals surface area contributed by atoms with E-state index in [0.29, 0.717) is 5.41 Å². The Morgan fingerprint density at radius 1 is 1.41 bits per heavy atom. The molecule has 0 saturated carbocycles. The molecule has 0 spiro atoms. The summed E-state index contributed by atoms with van der Waals surface area (Å²) in [5.41, 5.74) is 0.321. The minimum Gasteiger partial charge on any atom is -0.381 e. The molecule has 1 fully saturated rings. The lowest BCUT2D eigenvalue weighted by atomic mass is 9.78. The summed E-state index contributed by atoms with van der Waals surface area (Å²) in [7, 11) is 0. The third kappa shape index (κ3) is 3.30. The van der Waals surface area contributed by atoms with Crippen molar-refractivity contribution in [3.63, 3.8) is 0 Å². The van der Waals surface area contributed by atoms with Crippen molar-refractivity contribution >= 4 is 11.3 Å². The molecule has 0 bridgehead atoms. The number of hydrogen-bond donors (Lipinski definition) is 1. The molecule has 2 rings (SSSR count). The van der Waals surface area contributed by atoms with Crippen LogP contribution in [0.4, 0.5) is 0 Å². The quantitative estimate of drug-likeness (QED) is 0.871. The number of thiophene rings is 1. The fraction of sp³-hybridized carbons (Fsp3) is 0.714. The number of nitrogens with one attached hydrogen (secondary N) is 1. The molecule has 2 heterocycles. The van der Waals surface area contributed by atoms with E-state index in [4.69, 9.17) is 4.74 Å². The third-order valence-corrected chi connectivity index (χ3v) is 4.63. The van der Waals surface area contributed by atoms with E-state index in [2.05, 4.69) is 36.7 Å². The maximum Gasteiger partial charge on any atom is 0.0475 e. The van der Waals surface area contributed by atoms with E-state index in [0.717, 1.165) is 45.1 Å². The van der Waals surface area contributed by atoms with Crippen molar-refractivity contribution in [2.45, 2.75) is 32.1 Å². The van der Waals surface area contributed by atoms with Crippen LogP contribution >= 0.6 is 11.3 Å². The Bertz CT molecular complexity index is 315. The first-order valence-electron chi connectivity index (χ1n) is 6.55. The molecule has 0 atom stereocenters. The average Bonchev–Trinajstić information content (AvgIpc) is 2.83. The van der Waals surface area contributed by atoms with Gasteiger partial charge in [-0.05, 0) is 36.8 Å². The zero-order chi connectivity index (χ0) is 12.1. The SMILES string of the molecule is CC(C)CNCC1(c2cccs2)CCOCC1. The predicted octanol–water partition coefficient (Wildman–Crippen LogP) is 3.04. The standard InChI is InChI=1S/C14H23NOS/c1-12(2)10-15-11-14(5-7-16-8-6-14)13-4-3-9-17-13/h3-4,9,12,15H,5-8,10-11H2,1-2H3. The van der Waals surface area contributed by atoms with Gasteiger partial charge in [-0.1, -0.05) is 19.9 Å². The lowest BCUT2D eigenvalue weighted by Gasteiger charge is -2.37. The van der Waals surface area contributed by atoms with Gasteiger partial charge in [-0.2, -0.15) is 0 Å². The molecule has 0 aromatic carbocycles. The largest absolute Gasteiger partial charge is 0.381 e. The second kappa shape index (κ2) is 5.98. The molecule has 1 aliphatic rings. The van der Waals surface area contributed by atoms with Crippen LogP contribution in [0.2, 0.25) is 0 Å². The molecule has 3 heteroatoms. The van der Waals surface area contributed by atoms with Crippen molar-refractivity contribution in [3.05, 3.63) is 22.4 Å². The number of ether oxygens (including phenoxy) is 1. The second-order valence-electron chi connectivity index (χ2n) is 5.39. The van der Waals surface area contributed by atoms with Gasteiger partial charge in [0.2, 0.25) is 0 Å². The van der Waals surface area contributed by atoms with Crippen molar-refractivity contribution in [2.24, 2.45) is 5.92 Å². The fourth-order valence-corrected chi connectivity index (χ4v) is 3.44. The number of rotatable bonds is 5. The Labute approximate surface area is 108 Å². The first-order chi connectivity index (χ1) is 8.23. The van der Waals surface area contributed by atoms with Crippen molar-refractivity contribution in [3.8, 4) is 0 Å². The van der Waals surface area contributed by atoms with Gasteiger partial charge >= 0.3 is 0 Å². The van der Waals surface area contributed by atoms with Crippen LogP contribution in [0.3, 0.4) is 0 Å². The van der Waals surface area contributed by atoms with E-state index in [1.165, 1.54) is 4.88 Å². The van der Waals surface area contributed by atoms with Crippen molar-refractivity contribution < 1.29 is 4.74 Å². The second-order valence-corrected chi connectivity index (χ2v) is 6.34. The van der Waals surface area contributed by atoms with Crippen LogP contribution in [0.25, 0.3) is 0 Å². The Kier molecular flexibility index (Phi) is 4.60. The molecule has 1 aromatic heterocycles. The summed E-state index contributed by atoms with van der Waals surface area (Å²) in [5.74, 6) is 0.718. The first kappa shape index (κ1) is 13.1. The van der Waals surface area contributed by atoms with Crippen LogP contribution in [-0.4, -0.2) is 26.3 Å². The van der Waals surface area contributed by atoms with Crippen molar-refractivity contribution in [1.82, 2.24) is 5.32 Å². The smallest absolute Gasteiger partial charge is 0.0475 e. The zero-order valence-corrected chi connectivity index (χ0v) is 11.7. The molecule has 1 aromatic rings. The zero-order valence-electron chi connectivity index (χ0n) is 10.9. The maximum absolute atomic E-state index is 5.53. The van der Waals surface area contributed by atoms with E-state index in [1.54, 1.807) is 0 Å². The van der Waals surface area contributed by atoms with Gasteiger partial charge in [0.05, 0.1) is 0 Å². The van der Waals surface area contributed by atoms with Crippen molar-refractivity contribution in [2.75, 3.05) is 26.3 Å². The highest BCUT2D eigenvalue weighted by atomic mass is 32.1. The van der Waals surface area contributed by atoms with Crippen LogP contribution in [-0.2, 0) is 10.2 Å². The van der Waals surface area contributed by atoms with Gasteiger partial charge in [0.25, 0.3) is 0 Å². The summed E-state index contributed by atoms with van der Waals surface area (Å²) >= 11 is 1.89. The van der Waals surface area contributed by atoms with Gasteiger partial charge in [-0.3, -0.25) is 0 Å². The summed E-state index contributed by atoms with van der Waals surface area (Å²) in [6, 6.07) is 4.45. The minimum absolute atomic E-state index is 0.321. The normalized spacial score (nSPS) is 19.7. The van der Waals surface area contributed by atoms with Gasteiger partial charge in [-0.25, -0.2) is 0 Å². The molecule has 0 amide bonds. The van der Waals surface area contributed by atoms with Crippen LogP contribution < -0.4 is 5.32 Å². The maximum atomic E-state index is 5.53. The summed E-state index contributed by atoms with van der Waals surface area (Å²) in [6.45, 7) is 8.52. The summed E-state index contributed by atoms with van der Waals surface area (Å²) in [4.78, 5) is 1.53. The van der Waals surface area contributed by atoms with Crippen molar-refractivity contribution in [1.29, 1.82) is 0 Å². The molecule has 2 nitrogen and oxygen atoms in total. The molecule has 0 unspecified atom stereocenters. The average molecular weight is 253 g/mol. The highest BCUT2D eigenvalue weighted by Crippen LogP contribution is 2.36. The highest BCUT2D eigenvalue weighted by molar-refractivity contribution is 7.10. The van der Waals surface area contributed by atoms with E-state index in [1.807, 2.05) is 11.3 Å². The lowest BCUT2D eigenvalue weighted by Crippen LogP contribution is -2.43.